The summed E-state index contributed by atoms with van der Waals surface area (Å²) in [6, 6.07) is 8.61. The fourth-order valence-corrected chi connectivity index (χ4v) is 4.78. The lowest BCUT2D eigenvalue weighted by molar-refractivity contribution is -0.137. The Bertz CT molecular complexity index is 1030. The standard InChI is InChI=1S/C20H21F3N2O4S/c1-29-18-8-7-16(30(27,28)25-9-2-3-10-25)12-17(18)19(26)24-13-14-5-4-6-15(11-14)20(21,22)23/h4-8,11-12H,2-3,9-10,13H2,1H3,(H,24,26). The van der Waals surface area contributed by atoms with Crippen LogP contribution in [0, 0.1) is 0 Å². The number of hydrogen-bond acceptors (Lipinski definition) is 4. The molecule has 1 amide bonds. The summed E-state index contributed by atoms with van der Waals surface area (Å²) < 4.78 is 70.6. The maximum atomic E-state index is 12.8. The number of benzene rings is 2. The number of alkyl halides is 3. The number of halogens is 3. The van der Waals surface area contributed by atoms with Crippen LogP contribution in [0.4, 0.5) is 13.2 Å². The molecule has 1 N–H and O–H groups in total. The van der Waals surface area contributed by atoms with E-state index in [1.54, 1.807) is 0 Å². The van der Waals surface area contributed by atoms with Crippen LogP contribution in [0.3, 0.4) is 0 Å². The fourth-order valence-electron chi connectivity index (χ4n) is 3.24. The molecule has 0 unspecified atom stereocenters. The van der Waals surface area contributed by atoms with Gasteiger partial charge in [0.25, 0.3) is 5.91 Å². The van der Waals surface area contributed by atoms with Crippen molar-refractivity contribution in [2.75, 3.05) is 20.2 Å². The molecular weight excluding hydrogens is 421 g/mol. The quantitative estimate of drug-likeness (QED) is 0.744. The Balaban J connectivity index is 1.81. The number of sulfonamides is 1. The zero-order valence-corrected chi connectivity index (χ0v) is 17.0. The van der Waals surface area contributed by atoms with Crippen molar-refractivity contribution in [1.82, 2.24) is 9.62 Å². The Morgan fingerprint density at radius 1 is 1.13 bits per heavy atom. The van der Waals surface area contributed by atoms with Crippen LogP contribution in [-0.4, -0.2) is 38.8 Å². The van der Waals surface area contributed by atoms with Gasteiger partial charge < -0.3 is 10.1 Å². The van der Waals surface area contributed by atoms with Crippen molar-refractivity contribution in [3.05, 3.63) is 59.2 Å². The Kier molecular flexibility index (Phi) is 6.37. The molecule has 0 radical (unpaired) electrons. The van der Waals surface area contributed by atoms with E-state index in [1.165, 1.54) is 41.7 Å². The van der Waals surface area contributed by atoms with Gasteiger partial charge in [0.05, 0.1) is 23.1 Å². The number of ether oxygens (including phenoxy) is 1. The van der Waals surface area contributed by atoms with E-state index in [-0.39, 0.29) is 28.3 Å². The summed E-state index contributed by atoms with van der Waals surface area (Å²) >= 11 is 0. The molecule has 1 fully saturated rings. The van der Waals surface area contributed by atoms with Crippen molar-refractivity contribution in [2.45, 2.75) is 30.5 Å². The fraction of sp³-hybridized carbons (Fsp3) is 0.350. The minimum Gasteiger partial charge on any atom is -0.496 e. The average Bonchev–Trinajstić information content (AvgIpc) is 3.27. The van der Waals surface area contributed by atoms with Crippen LogP contribution in [0.5, 0.6) is 5.75 Å². The van der Waals surface area contributed by atoms with Crippen molar-refractivity contribution in [3.63, 3.8) is 0 Å². The number of nitrogens with one attached hydrogen (secondary N) is 1. The summed E-state index contributed by atoms with van der Waals surface area (Å²) in [6.45, 7) is 0.686. The summed E-state index contributed by atoms with van der Waals surface area (Å²) in [4.78, 5) is 12.6. The molecule has 2 aromatic rings. The van der Waals surface area contributed by atoms with Crippen LogP contribution in [0.25, 0.3) is 0 Å². The first kappa shape index (κ1) is 22.1. The summed E-state index contributed by atoms with van der Waals surface area (Å²) in [5.41, 5.74) is -0.562. The summed E-state index contributed by atoms with van der Waals surface area (Å²) in [7, 11) is -2.40. The van der Waals surface area contributed by atoms with E-state index >= 15 is 0 Å². The smallest absolute Gasteiger partial charge is 0.416 e. The first-order chi connectivity index (χ1) is 14.1. The van der Waals surface area contributed by atoms with E-state index in [9.17, 15) is 26.4 Å². The first-order valence-corrected chi connectivity index (χ1v) is 10.7. The third-order valence-electron chi connectivity index (χ3n) is 4.83. The zero-order valence-electron chi connectivity index (χ0n) is 16.2. The van der Waals surface area contributed by atoms with E-state index in [0.29, 0.717) is 13.1 Å². The predicted molar refractivity (Wildman–Crippen MR) is 104 cm³/mol. The highest BCUT2D eigenvalue weighted by molar-refractivity contribution is 7.89. The number of amides is 1. The highest BCUT2D eigenvalue weighted by Crippen LogP contribution is 2.30. The number of carbonyl (C=O) groups excluding carboxylic acids is 1. The maximum Gasteiger partial charge on any atom is 0.416 e. The summed E-state index contributed by atoms with van der Waals surface area (Å²) in [5.74, 6) is -0.486. The van der Waals surface area contributed by atoms with Crippen molar-refractivity contribution < 1.29 is 31.1 Å². The SMILES string of the molecule is COc1ccc(S(=O)(=O)N2CCCC2)cc1C(=O)NCc1cccc(C(F)(F)F)c1. The van der Waals surface area contributed by atoms with Gasteiger partial charge in [0.1, 0.15) is 5.75 Å². The monoisotopic (exact) mass is 442 g/mol. The van der Waals surface area contributed by atoms with Crippen molar-refractivity contribution in [2.24, 2.45) is 0 Å². The van der Waals surface area contributed by atoms with Gasteiger partial charge in [-0.05, 0) is 48.7 Å². The van der Waals surface area contributed by atoms with Gasteiger partial charge in [-0.3, -0.25) is 4.79 Å². The van der Waals surface area contributed by atoms with Gasteiger partial charge in [0.2, 0.25) is 10.0 Å². The van der Waals surface area contributed by atoms with Crippen LogP contribution in [-0.2, 0) is 22.7 Å². The van der Waals surface area contributed by atoms with Crippen LogP contribution >= 0.6 is 0 Å². The van der Waals surface area contributed by atoms with Gasteiger partial charge in [0, 0.05) is 19.6 Å². The van der Waals surface area contributed by atoms with Crippen molar-refractivity contribution in [3.8, 4) is 5.75 Å². The third kappa shape index (κ3) is 4.76. The first-order valence-electron chi connectivity index (χ1n) is 9.25. The largest absolute Gasteiger partial charge is 0.496 e. The Labute approximate surface area is 172 Å². The zero-order chi connectivity index (χ0) is 21.9. The highest BCUT2D eigenvalue weighted by atomic mass is 32.2. The third-order valence-corrected chi connectivity index (χ3v) is 6.72. The second-order valence-corrected chi connectivity index (χ2v) is 8.79. The minimum absolute atomic E-state index is 0.00949. The van der Waals surface area contributed by atoms with Crippen LogP contribution in [0.15, 0.2) is 47.4 Å². The Morgan fingerprint density at radius 2 is 1.83 bits per heavy atom. The van der Waals surface area contributed by atoms with Gasteiger partial charge in [-0.25, -0.2) is 8.42 Å². The van der Waals surface area contributed by atoms with Crippen LogP contribution in [0.2, 0.25) is 0 Å². The normalized spacial score (nSPS) is 15.2. The molecule has 1 aliphatic rings. The molecule has 0 bridgehead atoms. The average molecular weight is 442 g/mol. The van der Waals surface area contributed by atoms with Crippen LogP contribution < -0.4 is 10.1 Å². The molecule has 162 valence electrons. The Morgan fingerprint density at radius 3 is 2.47 bits per heavy atom. The topological polar surface area (TPSA) is 75.7 Å². The lowest BCUT2D eigenvalue weighted by Crippen LogP contribution is -2.28. The van der Waals surface area contributed by atoms with Gasteiger partial charge in [0.15, 0.2) is 0 Å². The van der Waals surface area contributed by atoms with E-state index in [2.05, 4.69) is 5.32 Å². The van der Waals surface area contributed by atoms with Crippen molar-refractivity contribution >= 4 is 15.9 Å². The lowest BCUT2D eigenvalue weighted by Gasteiger charge is -2.17. The number of hydrogen-bond donors (Lipinski definition) is 1. The van der Waals surface area contributed by atoms with E-state index in [0.717, 1.165) is 25.0 Å². The molecule has 0 aromatic heterocycles. The molecule has 0 atom stereocenters. The minimum atomic E-state index is -4.48. The Hall–Kier alpha value is -2.59. The number of nitrogens with zero attached hydrogens (tertiary/aromatic N) is 1. The van der Waals surface area contributed by atoms with Crippen LogP contribution in [0.1, 0.15) is 34.3 Å². The molecule has 1 heterocycles. The van der Waals surface area contributed by atoms with Gasteiger partial charge in [-0.15, -0.1) is 0 Å². The van der Waals surface area contributed by atoms with Crippen molar-refractivity contribution in [1.29, 1.82) is 0 Å². The van der Waals surface area contributed by atoms with E-state index in [4.69, 9.17) is 4.74 Å². The van der Waals surface area contributed by atoms with E-state index < -0.39 is 27.7 Å². The molecule has 1 saturated heterocycles. The van der Waals surface area contributed by atoms with Gasteiger partial charge in [-0.2, -0.15) is 17.5 Å². The molecule has 30 heavy (non-hydrogen) atoms. The summed E-state index contributed by atoms with van der Waals surface area (Å²) in [6.07, 6.45) is -2.93. The molecule has 0 saturated carbocycles. The second kappa shape index (κ2) is 8.65. The highest BCUT2D eigenvalue weighted by Gasteiger charge is 2.31. The molecule has 3 rings (SSSR count). The van der Waals surface area contributed by atoms with Gasteiger partial charge >= 0.3 is 6.18 Å². The molecule has 0 aliphatic carbocycles. The second-order valence-electron chi connectivity index (χ2n) is 6.85. The lowest BCUT2D eigenvalue weighted by atomic mass is 10.1. The molecule has 0 spiro atoms. The molecule has 1 aliphatic heterocycles. The molecule has 2 aromatic carbocycles. The predicted octanol–water partition coefficient (Wildman–Crippen LogP) is 3.43. The molecular formula is C20H21F3N2O4S. The summed E-state index contributed by atoms with van der Waals surface area (Å²) in [5, 5.41) is 2.52. The van der Waals surface area contributed by atoms with Gasteiger partial charge in [-0.1, -0.05) is 12.1 Å². The molecule has 10 heteroatoms. The number of methoxy groups -OCH3 is 1. The maximum absolute atomic E-state index is 12.8. The molecule has 6 nitrogen and oxygen atoms in total. The number of carbonyl (C=O) groups is 1. The van der Waals surface area contributed by atoms with E-state index in [1.807, 2.05) is 0 Å². The number of rotatable bonds is 6.